The minimum atomic E-state index is 0.0954. The van der Waals surface area contributed by atoms with Crippen molar-refractivity contribution in [1.29, 1.82) is 0 Å². The highest BCUT2D eigenvalue weighted by molar-refractivity contribution is 9.10. The molecule has 3 rings (SSSR count). The number of fused-ring (bicyclic) bond motifs is 1. The zero-order chi connectivity index (χ0) is 14.8. The Morgan fingerprint density at radius 2 is 2.14 bits per heavy atom. The molecule has 1 aromatic carbocycles. The van der Waals surface area contributed by atoms with E-state index in [-0.39, 0.29) is 6.04 Å². The van der Waals surface area contributed by atoms with E-state index in [1.54, 1.807) is 29.8 Å². The standard InChI is InChI=1S/C15H15BrN2OS2/c1-19-10-2-3-11(16)9(6-10)7-12(18-17)14-8-15-13(21-14)4-5-20-15/h2-6,8,12,18H,7,17H2,1H3. The van der Waals surface area contributed by atoms with Gasteiger partial charge in [0.25, 0.3) is 0 Å². The van der Waals surface area contributed by atoms with Gasteiger partial charge >= 0.3 is 0 Å². The molecule has 0 aliphatic carbocycles. The molecule has 3 nitrogen and oxygen atoms in total. The molecule has 0 aliphatic heterocycles. The van der Waals surface area contributed by atoms with E-state index in [2.05, 4.69) is 38.9 Å². The van der Waals surface area contributed by atoms with Crippen LogP contribution in [0.3, 0.4) is 0 Å². The van der Waals surface area contributed by atoms with Crippen LogP contribution in [0.15, 0.2) is 40.2 Å². The summed E-state index contributed by atoms with van der Waals surface area (Å²) in [7, 11) is 1.68. The molecule has 2 aromatic heterocycles. The first-order valence-electron chi connectivity index (χ1n) is 6.46. The van der Waals surface area contributed by atoms with Crippen molar-refractivity contribution in [2.75, 3.05) is 7.11 Å². The van der Waals surface area contributed by atoms with Gasteiger partial charge in [0.2, 0.25) is 0 Å². The molecular formula is C15H15BrN2OS2. The fraction of sp³-hybridized carbons (Fsp3) is 0.200. The number of nitrogens with two attached hydrogens (primary N) is 1. The Morgan fingerprint density at radius 3 is 2.86 bits per heavy atom. The highest BCUT2D eigenvalue weighted by Crippen LogP contribution is 2.35. The molecule has 0 aliphatic rings. The summed E-state index contributed by atoms with van der Waals surface area (Å²) in [6, 6.07) is 10.5. The minimum absolute atomic E-state index is 0.0954. The summed E-state index contributed by atoms with van der Waals surface area (Å²) in [5.74, 6) is 6.63. The number of hydrogen-bond acceptors (Lipinski definition) is 5. The van der Waals surface area contributed by atoms with Gasteiger partial charge in [0.05, 0.1) is 13.2 Å². The van der Waals surface area contributed by atoms with Crippen molar-refractivity contribution >= 4 is 48.0 Å². The second-order valence-corrected chi connectivity index (χ2v) is 7.60. The normalized spacial score (nSPS) is 12.7. The number of nitrogens with one attached hydrogen (secondary N) is 1. The number of halogens is 1. The molecule has 1 atom stereocenters. The van der Waals surface area contributed by atoms with E-state index in [0.717, 1.165) is 16.6 Å². The first-order chi connectivity index (χ1) is 10.2. The van der Waals surface area contributed by atoms with Gasteiger partial charge in [-0.25, -0.2) is 0 Å². The van der Waals surface area contributed by atoms with Crippen LogP contribution < -0.4 is 16.0 Å². The molecule has 6 heteroatoms. The maximum atomic E-state index is 5.78. The molecule has 0 amide bonds. The summed E-state index contributed by atoms with van der Waals surface area (Å²) in [6.07, 6.45) is 0.808. The highest BCUT2D eigenvalue weighted by atomic mass is 79.9. The van der Waals surface area contributed by atoms with E-state index < -0.39 is 0 Å². The largest absolute Gasteiger partial charge is 0.497 e. The fourth-order valence-corrected chi connectivity index (χ4v) is 4.84. The maximum absolute atomic E-state index is 5.78. The van der Waals surface area contributed by atoms with Crippen LogP contribution in [0.25, 0.3) is 9.40 Å². The van der Waals surface area contributed by atoms with Crippen LogP contribution in [-0.2, 0) is 6.42 Å². The smallest absolute Gasteiger partial charge is 0.119 e. The third-order valence-corrected chi connectivity index (χ3v) is 6.36. The van der Waals surface area contributed by atoms with Crippen molar-refractivity contribution in [2.24, 2.45) is 5.84 Å². The molecular weight excluding hydrogens is 368 g/mol. The van der Waals surface area contributed by atoms with E-state index in [0.29, 0.717) is 0 Å². The molecule has 0 spiro atoms. The topological polar surface area (TPSA) is 47.3 Å². The van der Waals surface area contributed by atoms with Gasteiger partial charge in [-0.05, 0) is 47.7 Å². The molecule has 3 N–H and O–H groups in total. The van der Waals surface area contributed by atoms with E-state index >= 15 is 0 Å². The molecule has 21 heavy (non-hydrogen) atoms. The van der Waals surface area contributed by atoms with Gasteiger partial charge in [-0.1, -0.05) is 15.9 Å². The van der Waals surface area contributed by atoms with Crippen LogP contribution in [0, 0.1) is 0 Å². The van der Waals surface area contributed by atoms with Crippen molar-refractivity contribution in [3.05, 3.63) is 50.6 Å². The average Bonchev–Trinajstić information content (AvgIpc) is 3.07. The Bertz CT molecular complexity index is 725. The molecule has 1 unspecified atom stereocenters. The van der Waals surface area contributed by atoms with Crippen LogP contribution in [0.2, 0.25) is 0 Å². The number of benzene rings is 1. The van der Waals surface area contributed by atoms with E-state index in [4.69, 9.17) is 10.6 Å². The Labute approximate surface area is 139 Å². The number of thiophene rings is 2. The number of rotatable bonds is 5. The molecule has 0 radical (unpaired) electrons. The number of ether oxygens (including phenoxy) is 1. The summed E-state index contributed by atoms with van der Waals surface area (Å²) in [5.41, 5.74) is 4.11. The van der Waals surface area contributed by atoms with E-state index in [1.807, 2.05) is 18.2 Å². The molecule has 0 saturated carbocycles. The maximum Gasteiger partial charge on any atom is 0.119 e. The minimum Gasteiger partial charge on any atom is -0.497 e. The van der Waals surface area contributed by atoms with Gasteiger partial charge in [-0.2, -0.15) is 0 Å². The molecule has 0 fully saturated rings. The zero-order valence-electron chi connectivity index (χ0n) is 11.4. The molecule has 0 bridgehead atoms. The Balaban J connectivity index is 1.88. The molecule has 0 saturated heterocycles. The van der Waals surface area contributed by atoms with Gasteiger partial charge in [0.15, 0.2) is 0 Å². The fourth-order valence-electron chi connectivity index (χ4n) is 2.25. The van der Waals surface area contributed by atoms with E-state index in [1.165, 1.54) is 19.8 Å². The third kappa shape index (κ3) is 3.14. The van der Waals surface area contributed by atoms with Crippen molar-refractivity contribution in [3.8, 4) is 5.75 Å². The second kappa shape index (κ2) is 6.46. The monoisotopic (exact) mass is 382 g/mol. The average molecular weight is 383 g/mol. The lowest BCUT2D eigenvalue weighted by atomic mass is 10.0. The SMILES string of the molecule is COc1ccc(Br)c(CC(NN)c2cc3sccc3s2)c1. The van der Waals surface area contributed by atoms with E-state index in [9.17, 15) is 0 Å². The van der Waals surface area contributed by atoms with Crippen molar-refractivity contribution in [1.82, 2.24) is 5.43 Å². The lowest BCUT2D eigenvalue weighted by molar-refractivity contribution is 0.413. The quantitative estimate of drug-likeness (QED) is 0.505. The zero-order valence-corrected chi connectivity index (χ0v) is 14.6. The summed E-state index contributed by atoms with van der Waals surface area (Å²) < 4.78 is 9.01. The lowest BCUT2D eigenvalue weighted by Gasteiger charge is -2.16. The van der Waals surface area contributed by atoms with Crippen LogP contribution in [-0.4, -0.2) is 7.11 Å². The molecule has 2 heterocycles. The van der Waals surface area contributed by atoms with Crippen molar-refractivity contribution in [2.45, 2.75) is 12.5 Å². The number of hydrogen-bond donors (Lipinski definition) is 2. The first kappa shape index (κ1) is 15.0. The summed E-state index contributed by atoms with van der Waals surface area (Å²) >= 11 is 7.16. The lowest BCUT2D eigenvalue weighted by Crippen LogP contribution is -2.29. The van der Waals surface area contributed by atoms with Crippen LogP contribution in [0.5, 0.6) is 5.75 Å². The van der Waals surface area contributed by atoms with Gasteiger partial charge in [-0.3, -0.25) is 11.3 Å². The first-order valence-corrected chi connectivity index (χ1v) is 8.95. The number of hydrazine groups is 1. The second-order valence-electron chi connectivity index (χ2n) is 4.68. The number of methoxy groups -OCH3 is 1. The third-order valence-electron chi connectivity index (χ3n) is 3.38. The Morgan fingerprint density at radius 1 is 1.29 bits per heavy atom. The summed E-state index contributed by atoms with van der Waals surface area (Å²) in [5, 5.41) is 2.12. The van der Waals surface area contributed by atoms with Gasteiger partial charge in [0.1, 0.15) is 5.75 Å². The van der Waals surface area contributed by atoms with Gasteiger partial charge in [-0.15, -0.1) is 22.7 Å². The van der Waals surface area contributed by atoms with Crippen LogP contribution >= 0.6 is 38.6 Å². The summed E-state index contributed by atoms with van der Waals surface area (Å²) in [4.78, 5) is 1.26. The molecule has 3 aromatic rings. The Hall–Kier alpha value is -0.920. The van der Waals surface area contributed by atoms with Gasteiger partial charge < -0.3 is 4.74 Å². The summed E-state index contributed by atoms with van der Waals surface area (Å²) in [6.45, 7) is 0. The highest BCUT2D eigenvalue weighted by Gasteiger charge is 2.16. The van der Waals surface area contributed by atoms with Crippen LogP contribution in [0.1, 0.15) is 16.5 Å². The predicted octanol–water partition coefficient (Wildman–Crippen LogP) is 4.48. The predicted molar refractivity (Wildman–Crippen MR) is 94.2 cm³/mol. The van der Waals surface area contributed by atoms with Crippen molar-refractivity contribution in [3.63, 3.8) is 0 Å². The van der Waals surface area contributed by atoms with Crippen LogP contribution in [0.4, 0.5) is 0 Å². The van der Waals surface area contributed by atoms with Gasteiger partial charge in [0, 0.05) is 18.7 Å². The Kier molecular flexibility index (Phi) is 4.61. The van der Waals surface area contributed by atoms with Crippen molar-refractivity contribution < 1.29 is 4.74 Å². The molecule has 110 valence electrons.